The highest BCUT2D eigenvalue weighted by molar-refractivity contribution is 6.31. The van der Waals surface area contributed by atoms with E-state index in [0.717, 1.165) is 54.5 Å². The van der Waals surface area contributed by atoms with Crippen LogP contribution in [0.3, 0.4) is 0 Å². The lowest BCUT2D eigenvalue weighted by Gasteiger charge is -2.35. The molecule has 0 atom stereocenters. The van der Waals surface area contributed by atoms with Crippen molar-refractivity contribution in [2.45, 2.75) is 64.8 Å². The molecule has 0 spiro atoms. The first-order valence-electron chi connectivity index (χ1n) is 9.92. The molecule has 1 aromatic carbocycles. The average Bonchev–Trinajstić information content (AvgIpc) is 2.66. The van der Waals surface area contributed by atoms with Gasteiger partial charge in [-0.1, -0.05) is 33.1 Å². The van der Waals surface area contributed by atoms with E-state index in [0.29, 0.717) is 0 Å². The molecule has 150 valence electrons. The smallest absolute Gasteiger partial charge is 0.331 e. The van der Waals surface area contributed by atoms with Gasteiger partial charge in [0, 0.05) is 6.04 Å². The van der Waals surface area contributed by atoms with Crippen molar-refractivity contribution in [3.63, 3.8) is 0 Å². The Kier molecular flexibility index (Phi) is 5.87. The number of benzene rings is 1. The predicted molar refractivity (Wildman–Crippen MR) is 107 cm³/mol. The lowest BCUT2D eigenvalue weighted by Crippen LogP contribution is -2.58. The van der Waals surface area contributed by atoms with Crippen LogP contribution >= 0.6 is 0 Å². The van der Waals surface area contributed by atoms with E-state index in [9.17, 15) is 14.4 Å². The lowest BCUT2D eigenvalue weighted by molar-refractivity contribution is -0.132. The van der Waals surface area contributed by atoms with Crippen LogP contribution in [-0.4, -0.2) is 35.9 Å². The quantitative estimate of drug-likeness (QED) is 0.631. The van der Waals surface area contributed by atoms with Crippen LogP contribution in [0.1, 0.15) is 68.6 Å². The van der Waals surface area contributed by atoms with Gasteiger partial charge >= 0.3 is 6.03 Å². The Morgan fingerprint density at radius 1 is 1.14 bits per heavy atom. The number of urea groups is 1. The van der Waals surface area contributed by atoms with Gasteiger partial charge in [-0.2, -0.15) is 0 Å². The maximum absolute atomic E-state index is 13.1. The molecule has 1 saturated heterocycles. The number of carbonyl (C=O) groups is 3. The SMILES string of the molecule is COc1cc(C)c(C=C2C(=O)NC(=O)N(C3CCCCC3)C2=O)cc1C(C)C. The van der Waals surface area contributed by atoms with E-state index in [1.807, 2.05) is 19.1 Å². The van der Waals surface area contributed by atoms with Crippen LogP contribution in [0.5, 0.6) is 5.75 Å². The van der Waals surface area contributed by atoms with Gasteiger partial charge < -0.3 is 4.74 Å². The molecule has 1 aromatic rings. The molecular weight excluding hydrogens is 356 g/mol. The molecule has 6 heteroatoms. The summed E-state index contributed by atoms with van der Waals surface area (Å²) in [6.45, 7) is 6.03. The molecule has 1 aliphatic carbocycles. The Labute approximate surface area is 165 Å². The van der Waals surface area contributed by atoms with Crippen molar-refractivity contribution in [3.05, 3.63) is 34.4 Å². The second-order valence-corrected chi connectivity index (χ2v) is 7.89. The Bertz CT molecular complexity index is 835. The van der Waals surface area contributed by atoms with Gasteiger partial charge in [0.15, 0.2) is 0 Å². The Morgan fingerprint density at radius 3 is 2.43 bits per heavy atom. The van der Waals surface area contributed by atoms with Crippen LogP contribution in [0.2, 0.25) is 0 Å². The normalized spacial score (nSPS) is 20.1. The zero-order chi connectivity index (χ0) is 20.4. The number of barbiturate groups is 1. The molecule has 28 heavy (non-hydrogen) atoms. The van der Waals surface area contributed by atoms with Crippen LogP contribution < -0.4 is 10.1 Å². The third-order valence-corrected chi connectivity index (χ3v) is 5.61. The first kappa shape index (κ1) is 20.1. The highest BCUT2D eigenvalue weighted by atomic mass is 16.5. The average molecular weight is 384 g/mol. The van der Waals surface area contributed by atoms with Gasteiger partial charge in [0.1, 0.15) is 11.3 Å². The molecule has 1 aliphatic heterocycles. The van der Waals surface area contributed by atoms with Crippen molar-refractivity contribution in [3.8, 4) is 5.75 Å². The van der Waals surface area contributed by atoms with E-state index in [4.69, 9.17) is 4.74 Å². The summed E-state index contributed by atoms with van der Waals surface area (Å²) in [5.74, 6) is -0.123. The van der Waals surface area contributed by atoms with Gasteiger partial charge in [0.2, 0.25) is 0 Å². The minimum Gasteiger partial charge on any atom is -0.496 e. The number of aryl methyl sites for hydroxylation is 1. The van der Waals surface area contributed by atoms with Crippen molar-refractivity contribution in [1.29, 1.82) is 0 Å². The van der Waals surface area contributed by atoms with Crippen molar-refractivity contribution >= 4 is 23.9 Å². The van der Waals surface area contributed by atoms with Crippen LogP contribution in [0, 0.1) is 6.92 Å². The van der Waals surface area contributed by atoms with Gasteiger partial charge in [-0.15, -0.1) is 0 Å². The molecule has 1 saturated carbocycles. The summed E-state index contributed by atoms with van der Waals surface area (Å²) < 4.78 is 5.47. The second-order valence-electron chi connectivity index (χ2n) is 7.89. The first-order chi connectivity index (χ1) is 13.3. The zero-order valence-corrected chi connectivity index (χ0v) is 17.0. The van der Waals surface area contributed by atoms with Crippen molar-refractivity contribution in [2.24, 2.45) is 0 Å². The standard InChI is InChI=1S/C22H28N2O4/c1-13(2)17-11-15(14(3)10-19(17)28-4)12-18-20(25)23-22(27)24(21(18)26)16-8-6-5-7-9-16/h10-13,16H,5-9H2,1-4H3,(H,23,25,27). The van der Waals surface area contributed by atoms with E-state index >= 15 is 0 Å². The predicted octanol–water partition coefficient (Wildman–Crippen LogP) is 3.92. The Hall–Kier alpha value is -2.63. The van der Waals surface area contributed by atoms with Crippen LogP contribution in [0.4, 0.5) is 4.79 Å². The number of hydrogen-bond acceptors (Lipinski definition) is 4. The monoisotopic (exact) mass is 384 g/mol. The molecule has 0 aromatic heterocycles. The van der Waals surface area contributed by atoms with Gasteiger partial charge in [-0.25, -0.2) is 4.79 Å². The fraction of sp³-hybridized carbons (Fsp3) is 0.500. The summed E-state index contributed by atoms with van der Waals surface area (Å²) in [5.41, 5.74) is 2.69. The summed E-state index contributed by atoms with van der Waals surface area (Å²) >= 11 is 0. The van der Waals surface area contributed by atoms with Crippen molar-refractivity contribution in [1.82, 2.24) is 10.2 Å². The molecule has 0 radical (unpaired) electrons. The maximum Gasteiger partial charge on any atom is 0.331 e. The number of hydrogen-bond donors (Lipinski definition) is 1. The van der Waals surface area contributed by atoms with Crippen molar-refractivity contribution < 1.29 is 19.1 Å². The molecule has 1 N–H and O–H groups in total. The number of carbonyl (C=O) groups excluding carboxylic acids is 3. The van der Waals surface area contributed by atoms with Crippen LogP contribution in [0.15, 0.2) is 17.7 Å². The first-order valence-corrected chi connectivity index (χ1v) is 9.92. The molecular formula is C22H28N2O4. The van der Waals surface area contributed by atoms with Gasteiger partial charge in [-0.3, -0.25) is 19.8 Å². The number of methoxy groups -OCH3 is 1. The maximum atomic E-state index is 13.1. The number of imide groups is 2. The molecule has 6 nitrogen and oxygen atoms in total. The Morgan fingerprint density at radius 2 is 1.82 bits per heavy atom. The van der Waals surface area contributed by atoms with E-state index in [1.165, 1.54) is 4.90 Å². The largest absolute Gasteiger partial charge is 0.496 e. The van der Waals surface area contributed by atoms with E-state index in [2.05, 4.69) is 19.2 Å². The van der Waals surface area contributed by atoms with Crippen LogP contribution in [-0.2, 0) is 9.59 Å². The van der Waals surface area contributed by atoms with Gasteiger partial charge in [0.05, 0.1) is 7.11 Å². The summed E-state index contributed by atoms with van der Waals surface area (Å²) in [5, 5.41) is 2.34. The molecule has 0 unspecified atom stereocenters. The second kappa shape index (κ2) is 8.17. The number of nitrogens with zero attached hydrogens (tertiary/aromatic N) is 1. The van der Waals surface area contributed by atoms with E-state index < -0.39 is 17.8 Å². The lowest BCUT2D eigenvalue weighted by atomic mass is 9.92. The molecule has 2 aliphatic rings. The molecule has 1 heterocycles. The van der Waals surface area contributed by atoms with Gasteiger partial charge in [0.25, 0.3) is 11.8 Å². The number of nitrogens with one attached hydrogen (secondary N) is 1. The molecule has 2 fully saturated rings. The van der Waals surface area contributed by atoms with E-state index in [1.54, 1.807) is 13.2 Å². The minimum atomic E-state index is -0.636. The number of ether oxygens (including phenoxy) is 1. The van der Waals surface area contributed by atoms with E-state index in [-0.39, 0.29) is 17.5 Å². The molecule has 0 bridgehead atoms. The number of amides is 4. The fourth-order valence-electron chi connectivity index (χ4n) is 4.00. The highest BCUT2D eigenvalue weighted by Crippen LogP contribution is 2.31. The Balaban J connectivity index is 2.00. The summed E-state index contributed by atoms with van der Waals surface area (Å²) in [6, 6.07) is 3.12. The summed E-state index contributed by atoms with van der Waals surface area (Å²) in [6.07, 6.45) is 6.28. The fourth-order valence-corrected chi connectivity index (χ4v) is 4.00. The third-order valence-electron chi connectivity index (χ3n) is 5.61. The molecule has 3 rings (SSSR count). The highest BCUT2D eigenvalue weighted by Gasteiger charge is 2.40. The van der Waals surface area contributed by atoms with Crippen LogP contribution in [0.25, 0.3) is 6.08 Å². The zero-order valence-electron chi connectivity index (χ0n) is 17.0. The number of rotatable bonds is 4. The summed E-state index contributed by atoms with van der Waals surface area (Å²) in [4.78, 5) is 39.1. The topological polar surface area (TPSA) is 75.7 Å². The van der Waals surface area contributed by atoms with Gasteiger partial charge in [-0.05, 0) is 60.6 Å². The summed E-state index contributed by atoms with van der Waals surface area (Å²) in [7, 11) is 1.63. The molecule has 4 amide bonds. The van der Waals surface area contributed by atoms with Crippen molar-refractivity contribution in [2.75, 3.05) is 7.11 Å². The third kappa shape index (κ3) is 3.81. The minimum absolute atomic E-state index is 0.00754.